The van der Waals surface area contributed by atoms with Crippen LogP contribution in [-0.4, -0.2) is 15.9 Å². The Morgan fingerprint density at radius 3 is 2.02 bits per heavy atom. The van der Waals surface area contributed by atoms with Crippen LogP contribution >= 0.6 is 22.7 Å². The molecule has 1 N–H and O–H groups in total. The van der Waals surface area contributed by atoms with Gasteiger partial charge in [0.1, 0.15) is 0 Å². The van der Waals surface area contributed by atoms with Crippen molar-refractivity contribution in [2.24, 2.45) is 11.8 Å². The third-order valence-corrected chi connectivity index (χ3v) is 12.6. The molecular formula is C44H50IrNO2S2-. The van der Waals surface area contributed by atoms with E-state index in [0.717, 1.165) is 42.3 Å². The first-order valence-electron chi connectivity index (χ1n) is 17.7. The zero-order valence-corrected chi connectivity index (χ0v) is 34.9. The normalized spacial score (nSPS) is 12.1. The van der Waals surface area contributed by atoms with E-state index in [1.165, 1.54) is 58.1 Å². The number of nitrogens with zero attached hydrogens (tertiary/aromatic N) is 1. The zero-order chi connectivity index (χ0) is 35.5. The largest absolute Gasteiger partial charge is 0.512 e. The standard InChI is InChI=1S/C31H26NS2.C13H24O2.Ir/c1-18-22-11-8-9-13-26(22)33-28(18)29-19(2)23-14-15-32-27(30(23)34-29)21-16-20-10-6-7-12-24(20)25(17-21)31(3,4)5;1-5-10(6-2)12(14)9-13(15)11(7-3)8-4;/h6-15,17H,1-5H3;9-11,14H,5-8H2,1-4H3;/q-1;;/b;12-9-;. The van der Waals surface area contributed by atoms with Gasteiger partial charge in [0.2, 0.25) is 0 Å². The third-order valence-electron chi connectivity index (χ3n) is 9.82. The molecule has 1 radical (unpaired) electrons. The summed E-state index contributed by atoms with van der Waals surface area (Å²) in [4.78, 5) is 19.4. The minimum atomic E-state index is 0. The molecule has 0 aliphatic carbocycles. The average Bonchev–Trinajstić information content (AvgIpc) is 3.61. The molecule has 0 saturated carbocycles. The second-order valence-corrected chi connectivity index (χ2v) is 16.1. The molecule has 6 aromatic rings. The van der Waals surface area contributed by atoms with Crippen molar-refractivity contribution in [2.45, 2.75) is 93.4 Å². The van der Waals surface area contributed by atoms with Crippen molar-refractivity contribution in [1.29, 1.82) is 0 Å². The number of carbonyl (C=O) groups excluding carboxylic acids is 1. The van der Waals surface area contributed by atoms with E-state index in [-0.39, 0.29) is 48.9 Å². The number of aliphatic hydroxyl groups excluding tert-OH is 1. The number of benzene rings is 3. The average molecular weight is 881 g/mol. The predicted octanol–water partition coefficient (Wildman–Crippen LogP) is 13.6. The van der Waals surface area contributed by atoms with Gasteiger partial charge in [0, 0.05) is 69.1 Å². The summed E-state index contributed by atoms with van der Waals surface area (Å²) in [7, 11) is 0. The number of pyridine rings is 1. The van der Waals surface area contributed by atoms with E-state index >= 15 is 0 Å². The number of allylic oxidation sites excluding steroid dienone is 2. The molecule has 3 aromatic carbocycles. The maximum Gasteiger partial charge on any atom is 0.162 e. The summed E-state index contributed by atoms with van der Waals surface area (Å²) < 4.78 is 2.60. The first kappa shape index (κ1) is 39.6. The molecule has 0 spiro atoms. The van der Waals surface area contributed by atoms with E-state index in [9.17, 15) is 9.90 Å². The number of ketones is 1. The van der Waals surface area contributed by atoms with Crippen LogP contribution in [0.4, 0.5) is 0 Å². The molecule has 0 fully saturated rings. The van der Waals surface area contributed by atoms with Crippen molar-refractivity contribution in [3.05, 3.63) is 101 Å². The summed E-state index contributed by atoms with van der Waals surface area (Å²) in [5.74, 6) is 0.547. The Balaban J connectivity index is 0.000000301. The molecule has 3 nitrogen and oxygen atoms in total. The van der Waals surface area contributed by atoms with Crippen molar-refractivity contribution in [3.8, 4) is 21.0 Å². The Morgan fingerprint density at radius 2 is 1.40 bits per heavy atom. The molecule has 6 rings (SSSR count). The third kappa shape index (κ3) is 8.15. The molecule has 265 valence electrons. The second-order valence-electron chi connectivity index (χ2n) is 14.0. The number of aliphatic hydroxyl groups is 1. The van der Waals surface area contributed by atoms with Crippen LogP contribution in [0.15, 0.2) is 78.7 Å². The smallest absolute Gasteiger partial charge is 0.162 e. The minimum Gasteiger partial charge on any atom is -0.512 e. The number of fused-ring (bicyclic) bond motifs is 3. The predicted molar refractivity (Wildman–Crippen MR) is 214 cm³/mol. The number of hydrogen-bond donors (Lipinski definition) is 1. The molecule has 3 heterocycles. The van der Waals surface area contributed by atoms with Gasteiger partial charge in [-0.15, -0.1) is 51.8 Å². The van der Waals surface area contributed by atoms with Crippen LogP contribution in [0.3, 0.4) is 0 Å². The summed E-state index contributed by atoms with van der Waals surface area (Å²) in [5.41, 5.74) is 6.20. The van der Waals surface area contributed by atoms with Gasteiger partial charge in [-0.25, -0.2) is 0 Å². The summed E-state index contributed by atoms with van der Waals surface area (Å²) in [6.07, 6.45) is 6.86. The molecule has 0 aliphatic rings. The van der Waals surface area contributed by atoms with Gasteiger partial charge in [-0.2, -0.15) is 0 Å². The van der Waals surface area contributed by atoms with Gasteiger partial charge in [-0.05, 0) is 79.0 Å². The molecule has 3 aromatic heterocycles. The van der Waals surface area contributed by atoms with Crippen molar-refractivity contribution < 1.29 is 30.0 Å². The van der Waals surface area contributed by atoms with Crippen LogP contribution in [-0.2, 0) is 30.3 Å². The topological polar surface area (TPSA) is 50.2 Å². The zero-order valence-electron chi connectivity index (χ0n) is 30.9. The first-order valence-corrected chi connectivity index (χ1v) is 19.3. The first-order chi connectivity index (χ1) is 23.4. The van der Waals surface area contributed by atoms with Crippen molar-refractivity contribution in [1.82, 2.24) is 4.98 Å². The summed E-state index contributed by atoms with van der Waals surface area (Å²) in [5, 5.41) is 14.8. The molecule has 0 saturated heterocycles. The quantitative estimate of drug-likeness (QED) is 0.0894. The van der Waals surface area contributed by atoms with Gasteiger partial charge >= 0.3 is 0 Å². The van der Waals surface area contributed by atoms with E-state index in [1.54, 1.807) is 0 Å². The van der Waals surface area contributed by atoms with E-state index in [1.807, 2.05) is 56.6 Å². The van der Waals surface area contributed by atoms with E-state index in [4.69, 9.17) is 4.98 Å². The molecule has 0 bridgehead atoms. The van der Waals surface area contributed by atoms with Crippen molar-refractivity contribution in [2.75, 3.05) is 0 Å². The van der Waals surface area contributed by atoms with Gasteiger partial charge in [0.25, 0.3) is 0 Å². The Bertz CT molecular complexity index is 2120. The minimum absolute atomic E-state index is 0. The fraction of sp³-hybridized carbons (Fsp3) is 0.364. The van der Waals surface area contributed by atoms with E-state index in [2.05, 4.69) is 101 Å². The number of thiophene rings is 2. The monoisotopic (exact) mass is 881 g/mol. The maximum atomic E-state index is 11.7. The fourth-order valence-electron chi connectivity index (χ4n) is 6.70. The molecule has 6 heteroatoms. The maximum absolute atomic E-state index is 11.7. The van der Waals surface area contributed by atoms with Crippen LogP contribution in [0.5, 0.6) is 0 Å². The number of rotatable bonds is 9. The molecule has 0 atom stereocenters. The molecule has 0 amide bonds. The number of hydrogen-bond acceptors (Lipinski definition) is 5. The Morgan fingerprint density at radius 1 is 0.820 bits per heavy atom. The SMILES string of the molecule is CCC(CC)C(=O)/C=C(\O)C(CC)CC.Cc1c(-c2sc3c(-c4[c-]c5ccccc5c(C(C)(C)C)c4)nccc3c2C)sc2ccccc12.[Ir]. The Hall–Kier alpha value is -3.15. The van der Waals surface area contributed by atoms with Crippen molar-refractivity contribution >= 4 is 59.4 Å². The summed E-state index contributed by atoms with van der Waals surface area (Å²) >= 11 is 3.77. The molecule has 0 unspecified atom stereocenters. The summed E-state index contributed by atoms with van der Waals surface area (Å²) in [6, 6.07) is 25.5. The van der Waals surface area contributed by atoms with Gasteiger partial charge in [-0.1, -0.05) is 95.8 Å². The summed E-state index contributed by atoms with van der Waals surface area (Å²) in [6.45, 7) is 19.4. The number of aryl methyl sites for hydroxylation is 2. The van der Waals surface area contributed by atoms with Gasteiger partial charge in [0.05, 0.1) is 5.76 Å². The van der Waals surface area contributed by atoms with E-state index in [0.29, 0.717) is 0 Å². The number of carbonyl (C=O) groups is 1. The second kappa shape index (κ2) is 16.9. The van der Waals surface area contributed by atoms with Gasteiger partial charge in [0.15, 0.2) is 5.78 Å². The van der Waals surface area contributed by atoms with Crippen LogP contribution in [0.1, 0.15) is 90.8 Å². The molecular weight excluding hydrogens is 831 g/mol. The Labute approximate surface area is 320 Å². The van der Waals surface area contributed by atoms with Gasteiger partial charge in [-0.3, -0.25) is 9.78 Å². The molecule has 0 aliphatic heterocycles. The molecule has 50 heavy (non-hydrogen) atoms. The van der Waals surface area contributed by atoms with Crippen molar-refractivity contribution in [3.63, 3.8) is 0 Å². The van der Waals surface area contributed by atoms with Crippen LogP contribution in [0.2, 0.25) is 0 Å². The van der Waals surface area contributed by atoms with Crippen LogP contribution in [0.25, 0.3) is 52.0 Å². The van der Waals surface area contributed by atoms with Crippen LogP contribution in [0, 0.1) is 31.7 Å². The van der Waals surface area contributed by atoms with Crippen LogP contribution < -0.4 is 0 Å². The number of aromatic nitrogens is 1. The Kier molecular flexibility index (Phi) is 13.4. The fourth-order valence-corrected chi connectivity index (χ4v) is 9.46. The van der Waals surface area contributed by atoms with E-state index < -0.39 is 0 Å². The van der Waals surface area contributed by atoms with Gasteiger partial charge < -0.3 is 5.11 Å².